The zero-order chi connectivity index (χ0) is 19.6. The molecule has 0 atom stereocenters. The van der Waals surface area contributed by atoms with Crippen LogP contribution in [0, 0.1) is 17.0 Å². The van der Waals surface area contributed by atoms with Gasteiger partial charge in [0.1, 0.15) is 5.75 Å². The Balaban J connectivity index is 2.04. The van der Waals surface area contributed by atoms with Crippen molar-refractivity contribution in [3.63, 3.8) is 0 Å². The minimum Gasteiger partial charge on any atom is -0.494 e. The first-order valence-corrected chi connectivity index (χ1v) is 9.01. The minimum absolute atomic E-state index is 0.0792. The lowest BCUT2D eigenvalue weighted by Gasteiger charge is -2.14. The van der Waals surface area contributed by atoms with Gasteiger partial charge < -0.3 is 15.4 Å². The van der Waals surface area contributed by atoms with E-state index in [0.717, 1.165) is 29.0 Å². The first-order valence-electron chi connectivity index (χ1n) is 9.01. The number of nitro benzene ring substituents is 1. The van der Waals surface area contributed by atoms with E-state index in [2.05, 4.69) is 21.7 Å². The quantitative estimate of drug-likeness (QED) is 0.321. The van der Waals surface area contributed by atoms with Crippen LogP contribution in [0.4, 0.5) is 5.69 Å². The molecule has 27 heavy (non-hydrogen) atoms. The predicted octanol–water partition coefficient (Wildman–Crippen LogP) is 3.56. The molecule has 0 unspecified atom stereocenters. The highest BCUT2D eigenvalue weighted by atomic mass is 16.6. The van der Waals surface area contributed by atoms with Crippen molar-refractivity contribution in [1.82, 2.24) is 10.6 Å². The van der Waals surface area contributed by atoms with Gasteiger partial charge in [0, 0.05) is 30.8 Å². The molecule has 0 aliphatic rings. The Kier molecular flexibility index (Phi) is 7.61. The number of guanidine groups is 1. The summed E-state index contributed by atoms with van der Waals surface area (Å²) < 4.78 is 5.71. The number of aliphatic imine (C=N–C) groups is 1. The molecule has 0 aliphatic carbocycles. The maximum absolute atomic E-state index is 10.7. The van der Waals surface area contributed by atoms with Gasteiger partial charge in [0.05, 0.1) is 18.1 Å². The zero-order valence-corrected chi connectivity index (χ0v) is 16.0. The third-order valence-electron chi connectivity index (χ3n) is 3.88. The summed E-state index contributed by atoms with van der Waals surface area (Å²) in [6.07, 6.45) is 0. The van der Waals surface area contributed by atoms with Crippen molar-refractivity contribution in [1.29, 1.82) is 0 Å². The van der Waals surface area contributed by atoms with Crippen LogP contribution in [0.5, 0.6) is 5.75 Å². The number of ether oxygens (including phenoxy) is 1. The molecule has 7 heteroatoms. The molecular formula is C20H26N4O3. The van der Waals surface area contributed by atoms with Crippen LogP contribution in [0.15, 0.2) is 47.5 Å². The lowest BCUT2D eigenvalue weighted by molar-refractivity contribution is -0.384. The SMILES string of the molecule is CCNC(=NCc1ccc([N+](=O)[O-])cc1)NCc1ccc(C)cc1OCC. The molecule has 0 spiro atoms. The lowest BCUT2D eigenvalue weighted by atomic mass is 10.1. The van der Waals surface area contributed by atoms with E-state index >= 15 is 0 Å². The van der Waals surface area contributed by atoms with Crippen LogP contribution in [-0.4, -0.2) is 24.0 Å². The second-order valence-electron chi connectivity index (χ2n) is 6.02. The van der Waals surface area contributed by atoms with E-state index < -0.39 is 4.92 Å². The van der Waals surface area contributed by atoms with Gasteiger partial charge in [-0.3, -0.25) is 10.1 Å². The van der Waals surface area contributed by atoms with Crippen LogP contribution >= 0.6 is 0 Å². The Hall–Kier alpha value is -3.09. The van der Waals surface area contributed by atoms with E-state index in [0.29, 0.717) is 25.7 Å². The first kappa shape index (κ1) is 20.2. The Morgan fingerprint density at radius 3 is 2.52 bits per heavy atom. The number of benzene rings is 2. The largest absolute Gasteiger partial charge is 0.494 e. The molecule has 0 bridgehead atoms. The summed E-state index contributed by atoms with van der Waals surface area (Å²) >= 11 is 0. The highest BCUT2D eigenvalue weighted by Gasteiger charge is 2.06. The van der Waals surface area contributed by atoms with Gasteiger partial charge in [-0.1, -0.05) is 24.3 Å². The molecule has 0 saturated carbocycles. The zero-order valence-electron chi connectivity index (χ0n) is 16.0. The summed E-state index contributed by atoms with van der Waals surface area (Å²) in [6.45, 7) is 8.37. The average molecular weight is 370 g/mol. The van der Waals surface area contributed by atoms with Crippen molar-refractivity contribution in [3.05, 3.63) is 69.3 Å². The fourth-order valence-corrected chi connectivity index (χ4v) is 2.51. The Labute approximate surface area is 159 Å². The van der Waals surface area contributed by atoms with Crippen molar-refractivity contribution in [2.24, 2.45) is 4.99 Å². The fourth-order valence-electron chi connectivity index (χ4n) is 2.51. The third kappa shape index (κ3) is 6.29. The molecule has 0 aromatic heterocycles. The van der Waals surface area contributed by atoms with E-state index in [-0.39, 0.29) is 5.69 Å². The van der Waals surface area contributed by atoms with Gasteiger partial charge in [0.15, 0.2) is 5.96 Å². The van der Waals surface area contributed by atoms with Crippen LogP contribution in [0.25, 0.3) is 0 Å². The van der Waals surface area contributed by atoms with Gasteiger partial charge in [0.25, 0.3) is 5.69 Å². The first-order chi connectivity index (χ1) is 13.0. The van der Waals surface area contributed by atoms with Gasteiger partial charge in [-0.05, 0) is 38.0 Å². The van der Waals surface area contributed by atoms with Crippen LogP contribution in [0.3, 0.4) is 0 Å². The summed E-state index contributed by atoms with van der Waals surface area (Å²) in [6, 6.07) is 12.6. The molecule has 2 aromatic rings. The normalized spacial score (nSPS) is 11.1. The standard InChI is InChI=1S/C20H26N4O3/c1-4-21-20(22-13-16-7-10-18(11-8-16)24(25)26)23-14-17-9-6-15(3)12-19(17)27-5-2/h6-12H,4-5,13-14H2,1-3H3,(H2,21,22,23). The number of nitro groups is 1. The van der Waals surface area contributed by atoms with Gasteiger partial charge >= 0.3 is 0 Å². The predicted molar refractivity (Wildman–Crippen MR) is 107 cm³/mol. The van der Waals surface area contributed by atoms with E-state index in [1.165, 1.54) is 12.1 Å². The van der Waals surface area contributed by atoms with Gasteiger partial charge in [-0.15, -0.1) is 0 Å². The molecule has 2 aromatic carbocycles. The maximum atomic E-state index is 10.7. The van der Waals surface area contributed by atoms with E-state index in [1.54, 1.807) is 12.1 Å². The van der Waals surface area contributed by atoms with Gasteiger partial charge in [0.2, 0.25) is 0 Å². The van der Waals surface area contributed by atoms with Crippen molar-refractivity contribution in [2.75, 3.05) is 13.2 Å². The molecule has 7 nitrogen and oxygen atoms in total. The number of nitrogens with zero attached hydrogens (tertiary/aromatic N) is 2. The van der Waals surface area contributed by atoms with Crippen LogP contribution in [0.1, 0.15) is 30.5 Å². The van der Waals surface area contributed by atoms with E-state index in [9.17, 15) is 10.1 Å². The summed E-state index contributed by atoms with van der Waals surface area (Å²) in [5, 5.41) is 17.2. The molecule has 0 aliphatic heterocycles. The van der Waals surface area contributed by atoms with Crippen molar-refractivity contribution in [2.45, 2.75) is 33.9 Å². The summed E-state index contributed by atoms with van der Waals surface area (Å²) in [5.41, 5.74) is 3.20. The highest BCUT2D eigenvalue weighted by Crippen LogP contribution is 2.20. The number of rotatable bonds is 8. The second kappa shape index (κ2) is 10.2. The van der Waals surface area contributed by atoms with Crippen molar-refractivity contribution in [3.8, 4) is 5.75 Å². The summed E-state index contributed by atoms with van der Waals surface area (Å²) in [7, 11) is 0. The topological polar surface area (TPSA) is 88.8 Å². The van der Waals surface area contributed by atoms with Crippen molar-refractivity contribution < 1.29 is 9.66 Å². The number of hydrogen-bond acceptors (Lipinski definition) is 4. The van der Waals surface area contributed by atoms with E-state index in [4.69, 9.17) is 4.74 Å². The fraction of sp³-hybridized carbons (Fsp3) is 0.350. The molecule has 2 N–H and O–H groups in total. The second-order valence-corrected chi connectivity index (χ2v) is 6.02. The Morgan fingerprint density at radius 1 is 1.15 bits per heavy atom. The molecule has 0 fully saturated rings. The number of nitrogens with one attached hydrogen (secondary N) is 2. The summed E-state index contributed by atoms with van der Waals surface area (Å²) in [4.78, 5) is 14.9. The monoisotopic (exact) mass is 370 g/mol. The third-order valence-corrected chi connectivity index (χ3v) is 3.88. The molecule has 2 rings (SSSR count). The van der Waals surface area contributed by atoms with E-state index in [1.807, 2.05) is 32.9 Å². The number of non-ortho nitro benzene ring substituents is 1. The number of aryl methyl sites for hydroxylation is 1. The molecule has 0 saturated heterocycles. The van der Waals surface area contributed by atoms with Crippen LogP contribution in [-0.2, 0) is 13.1 Å². The summed E-state index contributed by atoms with van der Waals surface area (Å²) in [5.74, 6) is 1.55. The smallest absolute Gasteiger partial charge is 0.269 e. The van der Waals surface area contributed by atoms with Gasteiger partial charge in [-0.2, -0.15) is 0 Å². The molecule has 0 heterocycles. The van der Waals surface area contributed by atoms with Gasteiger partial charge in [-0.25, -0.2) is 4.99 Å². The Bertz CT molecular complexity index is 788. The molecule has 144 valence electrons. The lowest BCUT2D eigenvalue weighted by Crippen LogP contribution is -2.36. The molecule has 0 amide bonds. The highest BCUT2D eigenvalue weighted by molar-refractivity contribution is 5.79. The molecular weight excluding hydrogens is 344 g/mol. The van der Waals surface area contributed by atoms with Crippen LogP contribution in [0.2, 0.25) is 0 Å². The Morgan fingerprint density at radius 2 is 1.89 bits per heavy atom. The number of hydrogen-bond donors (Lipinski definition) is 2. The average Bonchev–Trinajstić information content (AvgIpc) is 2.65. The van der Waals surface area contributed by atoms with Crippen LogP contribution < -0.4 is 15.4 Å². The minimum atomic E-state index is -0.407. The molecule has 0 radical (unpaired) electrons. The maximum Gasteiger partial charge on any atom is 0.269 e. The van der Waals surface area contributed by atoms with Crippen molar-refractivity contribution >= 4 is 11.6 Å².